The topological polar surface area (TPSA) is 37.0 Å². The molecule has 0 unspecified atom stereocenters. The Balaban J connectivity index is 3.02. The average molecular weight is 181 g/mol. The molecule has 0 aliphatic rings. The average Bonchev–Trinajstić information content (AvgIpc) is 2.17. The Labute approximate surface area is 74.7 Å². The Morgan fingerprint density at radius 3 is 2.42 bits per heavy atom. The quantitative estimate of drug-likeness (QED) is 0.307. The molecule has 0 heterocycles. The third kappa shape index (κ3) is 1.74. The summed E-state index contributed by atoms with van der Waals surface area (Å²) in [4.78, 5) is 3.20. The van der Waals surface area contributed by atoms with E-state index in [2.05, 4.69) is 10.0 Å². The van der Waals surface area contributed by atoms with Crippen molar-refractivity contribution in [3.63, 3.8) is 0 Å². The van der Waals surface area contributed by atoms with Gasteiger partial charge in [-0.15, -0.1) is 0 Å². The number of halogens is 1. The molecule has 0 bridgehead atoms. The molecule has 0 atom stereocenters. The van der Waals surface area contributed by atoms with E-state index in [0.29, 0.717) is 11.3 Å². The second-order valence-electron chi connectivity index (χ2n) is 2.05. The summed E-state index contributed by atoms with van der Waals surface area (Å²) in [7, 11) is 0. The minimum atomic E-state index is 0.0199. The third-order valence-electron chi connectivity index (χ3n) is 1.32. The molecule has 0 aliphatic carbocycles. The van der Waals surface area contributed by atoms with Crippen molar-refractivity contribution in [1.29, 1.82) is 0 Å². The van der Waals surface area contributed by atoms with Gasteiger partial charge in [-0.05, 0) is 0 Å². The van der Waals surface area contributed by atoms with Crippen LogP contribution in [0.25, 0.3) is 4.85 Å². The maximum Gasteiger partial charge on any atom is 0.187 e. The van der Waals surface area contributed by atoms with Crippen LogP contribution in [0.15, 0.2) is 29.4 Å². The molecule has 0 radical (unpaired) electrons. The third-order valence-corrected chi connectivity index (χ3v) is 1.62. The van der Waals surface area contributed by atoms with Crippen molar-refractivity contribution in [3.8, 4) is 0 Å². The maximum absolute atomic E-state index is 8.31. The molecule has 4 heteroatoms. The van der Waals surface area contributed by atoms with Crippen LogP contribution >= 0.6 is 11.6 Å². The van der Waals surface area contributed by atoms with Gasteiger partial charge >= 0.3 is 0 Å². The summed E-state index contributed by atoms with van der Waals surface area (Å²) in [5, 5.41) is 11.1. The fourth-order valence-corrected chi connectivity index (χ4v) is 0.857. The molecular weight excluding hydrogens is 176 g/mol. The molecule has 1 rings (SSSR count). The van der Waals surface area contributed by atoms with E-state index in [9.17, 15) is 0 Å². The van der Waals surface area contributed by atoms with Crippen molar-refractivity contribution >= 4 is 22.5 Å². The van der Waals surface area contributed by atoms with Gasteiger partial charge in [-0.1, -0.05) is 41.0 Å². The Hall–Kier alpha value is -1.53. The summed E-state index contributed by atoms with van der Waals surface area (Å²) >= 11 is 5.51. The van der Waals surface area contributed by atoms with Gasteiger partial charge in [0, 0.05) is 5.56 Å². The molecule has 0 spiro atoms. The lowest BCUT2D eigenvalue weighted by atomic mass is 10.2. The van der Waals surface area contributed by atoms with Crippen molar-refractivity contribution in [1.82, 2.24) is 0 Å². The minimum Gasteiger partial charge on any atom is -0.410 e. The van der Waals surface area contributed by atoms with Gasteiger partial charge in [0.2, 0.25) is 0 Å². The molecule has 0 amide bonds. The van der Waals surface area contributed by atoms with Crippen LogP contribution in [0, 0.1) is 6.57 Å². The molecule has 1 aromatic rings. The molecule has 60 valence electrons. The first-order chi connectivity index (χ1) is 5.77. The highest BCUT2D eigenvalue weighted by atomic mass is 35.5. The van der Waals surface area contributed by atoms with Gasteiger partial charge in [0.1, 0.15) is 0 Å². The van der Waals surface area contributed by atoms with Crippen LogP contribution < -0.4 is 0 Å². The van der Waals surface area contributed by atoms with E-state index in [0.717, 1.165) is 0 Å². The normalized spacial score (nSPS) is 10.8. The first-order valence-electron chi connectivity index (χ1n) is 3.13. The van der Waals surface area contributed by atoms with Crippen LogP contribution in [-0.2, 0) is 0 Å². The SMILES string of the molecule is [C-]#[N+]c1ccc(/C(Cl)=N\O)cc1. The molecule has 0 aliphatic heterocycles. The Bertz CT molecular complexity index is 337. The van der Waals surface area contributed by atoms with E-state index in [1.807, 2.05) is 0 Å². The van der Waals surface area contributed by atoms with E-state index < -0.39 is 0 Å². The molecule has 0 saturated carbocycles. The predicted octanol–water partition coefficient (Wildman–Crippen LogP) is 2.61. The summed E-state index contributed by atoms with van der Waals surface area (Å²) in [6, 6.07) is 6.46. The van der Waals surface area contributed by atoms with E-state index >= 15 is 0 Å². The van der Waals surface area contributed by atoms with Gasteiger partial charge in [0.05, 0.1) is 6.57 Å². The first-order valence-corrected chi connectivity index (χ1v) is 3.51. The van der Waals surface area contributed by atoms with Crippen LogP contribution in [0.1, 0.15) is 5.56 Å². The standard InChI is InChI=1S/C8H5ClN2O/c1-10-7-4-2-6(3-5-7)8(9)11-12/h2-5,12H/b11-8+. The van der Waals surface area contributed by atoms with E-state index in [1.54, 1.807) is 24.3 Å². The largest absolute Gasteiger partial charge is 0.410 e. The summed E-state index contributed by atoms with van der Waals surface area (Å²) < 4.78 is 0. The summed E-state index contributed by atoms with van der Waals surface area (Å²) in [5.74, 6) is 0. The monoisotopic (exact) mass is 180 g/mol. The fraction of sp³-hybridized carbons (Fsp3) is 0. The zero-order chi connectivity index (χ0) is 8.97. The number of oxime groups is 1. The van der Waals surface area contributed by atoms with Crippen molar-refractivity contribution < 1.29 is 5.21 Å². The number of hydrogen-bond donors (Lipinski definition) is 1. The lowest BCUT2D eigenvalue weighted by Crippen LogP contribution is -1.88. The first kappa shape index (κ1) is 8.57. The molecule has 0 fully saturated rings. The highest BCUT2D eigenvalue weighted by Gasteiger charge is 1.98. The molecular formula is C8H5ClN2O. The van der Waals surface area contributed by atoms with Crippen LogP contribution in [0.3, 0.4) is 0 Å². The van der Waals surface area contributed by atoms with Crippen molar-refractivity contribution in [2.24, 2.45) is 5.16 Å². The maximum atomic E-state index is 8.31. The highest BCUT2D eigenvalue weighted by molar-refractivity contribution is 6.69. The van der Waals surface area contributed by atoms with Gasteiger partial charge in [0.15, 0.2) is 10.9 Å². The smallest absolute Gasteiger partial charge is 0.187 e. The van der Waals surface area contributed by atoms with Crippen LogP contribution in [-0.4, -0.2) is 10.4 Å². The second-order valence-corrected chi connectivity index (χ2v) is 2.41. The second kappa shape index (κ2) is 3.74. The zero-order valence-electron chi connectivity index (χ0n) is 6.03. The van der Waals surface area contributed by atoms with Crippen molar-refractivity contribution in [3.05, 3.63) is 41.2 Å². The van der Waals surface area contributed by atoms with Gasteiger partial charge in [-0.25, -0.2) is 4.85 Å². The van der Waals surface area contributed by atoms with Crippen molar-refractivity contribution in [2.75, 3.05) is 0 Å². The molecule has 0 saturated heterocycles. The summed E-state index contributed by atoms with van der Waals surface area (Å²) in [5.41, 5.74) is 1.12. The molecule has 12 heavy (non-hydrogen) atoms. The summed E-state index contributed by atoms with van der Waals surface area (Å²) in [6.45, 7) is 6.68. The fourth-order valence-electron chi connectivity index (χ4n) is 0.731. The van der Waals surface area contributed by atoms with Gasteiger partial charge < -0.3 is 5.21 Å². The Morgan fingerprint density at radius 2 is 2.00 bits per heavy atom. The van der Waals surface area contributed by atoms with E-state index in [1.165, 1.54) is 0 Å². The molecule has 1 N–H and O–H groups in total. The lowest BCUT2D eigenvalue weighted by Gasteiger charge is -1.94. The van der Waals surface area contributed by atoms with Crippen molar-refractivity contribution in [2.45, 2.75) is 0 Å². The molecule has 0 aromatic heterocycles. The molecule has 3 nitrogen and oxygen atoms in total. The van der Waals surface area contributed by atoms with Gasteiger partial charge in [0.25, 0.3) is 0 Å². The highest BCUT2D eigenvalue weighted by Crippen LogP contribution is 2.13. The summed E-state index contributed by atoms with van der Waals surface area (Å²) in [6.07, 6.45) is 0. The number of benzene rings is 1. The minimum absolute atomic E-state index is 0.0199. The van der Waals surface area contributed by atoms with Crippen LogP contribution in [0.5, 0.6) is 0 Å². The molecule has 1 aromatic carbocycles. The van der Waals surface area contributed by atoms with Gasteiger partial charge in [-0.3, -0.25) is 0 Å². The van der Waals surface area contributed by atoms with Crippen LogP contribution in [0.4, 0.5) is 5.69 Å². The van der Waals surface area contributed by atoms with E-state index in [4.69, 9.17) is 23.4 Å². The number of rotatable bonds is 1. The number of hydrogen-bond acceptors (Lipinski definition) is 2. The lowest BCUT2D eigenvalue weighted by molar-refractivity contribution is 0.321. The Kier molecular flexibility index (Phi) is 2.67. The predicted molar refractivity (Wildman–Crippen MR) is 46.9 cm³/mol. The zero-order valence-corrected chi connectivity index (χ0v) is 6.78. The van der Waals surface area contributed by atoms with Crippen LogP contribution in [0.2, 0.25) is 0 Å². The number of nitrogens with zero attached hydrogens (tertiary/aromatic N) is 2. The van der Waals surface area contributed by atoms with E-state index in [-0.39, 0.29) is 5.17 Å². The Morgan fingerprint density at radius 1 is 1.42 bits per heavy atom. The van der Waals surface area contributed by atoms with Gasteiger partial charge in [-0.2, -0.15) is 0 Å².